The molecule has 0 aliphatic heterocycles. The third kappa shape index (κ3) is 4.64. The maximum absolute atomic E-state index is 12.9. The number of carbonyl (C=O) groups is 2. The fraction of sp³-hybridized carbons (Fsp3) is 0.154. The maximum Gasteiger partial charge on any atom is 0.253 e. The molecule has 32 heavy (non-hydrogen) atoms. The lowest BCUT2D eigenvalue weighted by Crippen LogP contribution is -2.32. The summed E-state index contributed by atoms with van der Waals surface area (Å²) in [6.07, 6.45) is 1.84. The Bertz CT molecular complexity index is 1260. The highest BCUT2D eigenvalue weighted by atomic mass is 16.5. The van der Waals surface area contributed by atoms with Gasteiger partial charge in [-0.25, -0.2) is 0 Å². The molecule has 0 spiro atoms. The Hall–Kier alpha value is -4.06. The van der Waals surface area contributed by atoms with Crippen LogP contribution >= 0.6 is 0 Å². The number of amides is 2. The van der Waals surface area contributed by atoms with Crippen LogP contribution in [-0.2, 0) is 11.3 Å². The van der Waals surface area contributed by atoms with Crippen molar-refractivity contribution in [3.8, 4) is 5.75 Å². The summed E-state index contributed by atoms with van der Waals surface area (Å²) in [7, 11) is 1.55. The first-order valence-electron chi connectivity index (χ1n) is 10.4. The Morgan fingerprint density at radius 3 is 2.50 bits per heavy atom. The number of ether oxygens (including phenoxy) is 1. The normalized spacial score (nSPS) is 10.7. The predicted molar refractivity (Wildman–Crippen MR) is 126 cm³/mol. The molecule has 0 aliphatic rings. The van der Waals surface area contributed by atoms with Gasteiger partial charge in [0.05, 0.1) is 24.9 Å². The van der Waals surface area contributed by atoms with E-state index in [0.29, 0.717) is 23.5 Å². The van der Waals surface area contributed by atoms with Crippen LogP contribution < -0.4 is 15.4 Å². The molecular weight excluding hydrogens is 402 g/mol. The lowest BCUT2D eigenvalue weighted by atomic mass is 10.1. The van der Waals surface area contributed by atoms with Gasteiger partial charge < -0.3 is 19.9 Å². The van der Waals surface area contributed by atoms with E-state index in [4.69, 9.17) is 4.74 Å². The third-order valence-corrected chi connectivity index (χ3v) is 5.27. The lowest BCUT2D eigenvalue weighted by molar-refractivity contribution is -0.115. The molecule has 0 saturated carbocycles. The van der Waals surface area contributed by atoms with Crippen LogP contribution in [0, 0.1) is 6.92 Å². The molecule has 0 bridgehead atoms. The van der Waals surface area contributed by atoms with Gasteiger partial charge in [-0.1, -0.05) is 54.6 Å². The monoisotopic (exact) mass is 427 g/mol. The zero-order valence-electron chi connectivity index (χ0n) is 18.1. The number of para-hydroxylation sites is 1. The zero-order chi connectivity index (χ0) is 22.5. The summed E-state index contributed by atoms with van der Waals surface area (Å²) in [5, 5.41) is 6.38. The Labute approximate surface area is 186 Å². The van der Waals surface area contributed by atoms with E-state index in [-0.39, 0.29) is 18.4 Å². The number of aromatic nitrogens is 1. The van der Waals surface area contributed by atoms with Gasteiger partial charge in [0.1, 0.15) is 5.75 Å². The van der Waals surface area contributed by atoms with Crippen molar-refractivity contribution >= 4 is 28.4 Å². The summed E-state index contributed by atoms with van der Waals surface area (Å²) >= 11 is 0. The molecule has 0 fully saturated rings. The van der Waals surface area contributed by atoms with Gasteiger partial charge in [-0.2, -0.15) is 0 Å². The van der Waals surface area contributed by atoms with Gasteiger partial charge in [0.2, 0.25) is 5.91 Å². The SMILES string of the molecule is COc1ccc(C)cc1NC(=O)CNC(=O)c1cn(Cc2ccccc2)c2ccccc12. The van der Waals surface area contributed by atoms with Crippen LogP contribution in [0.1, 0.15) is 21.5 Å². The molecule has 2 amide bonds. The summed E-state index contributed by atoms with van der Waals surface area (Å²) in [5.74, 6) is -0.0473. The molecule has 1 aromatic heterocycles. The first kappa shape index (κ1) is 21.2. The van der Waals surface area contributed by atoms with Crippen molar-refractivity contribution in [1.29, 1.82) is 0 Å². The number of aryl methyl sites for hydroxylation is 1. The number of rotatable bonds is 7. The second kappa shape index (κ2) is 9.39. The van der Waals surface area contributed by atoms with Crippen molar-refractivity contribution in [3.63, 3.8) is 0 Å². The van der Waals surface area contributed by atoms with Gasteiger partial charge in [0, 0.05) is 23.6 Å². The molecule has 6 heteroatoms. The van der Waals surface area contributed by atoms with E-state index in [0.717, 1.165) is 22.0 Å². The molecule has 1 heterocycles. The standard InChI is InChI=1S/C26H25N3O3/c1-18-12-13-24(32-2)22(14-18)28-25(30)15-27-26(31)21-17-29(16-19-8-4-3-5-9-19)23-11-7-6-10-20(21)23/h3-14,17H,15-16H2,1-2H3,(H,27,31)(H,28,30). The number of nitrogens with one attached hydrogen (secondary N) is 2. The lowest BCUT2D eigenvalue weighted by Gasteiger charge is -2.11. The molecule has 4 aromatic rings. The predicted octanol–water partition coefficient (Wildman–Crippen LogP) is 4.38. The molecule has 0 atom stereocenters. The number of carbonyl (C=O) groups excluding carboxylic acids is 2. The van der Waals surface area contributed by atoms with E-state index < -0.39 is 0 Å². The van der Waals surface area contributed by atoms with E-state index in [1.165, 1.54) is 0 Å². The third-order valence-electron chi connectivity index (χ3n) is 5.27. The molecule has 3 aromatic carbocycles. The quantitative estimate of drug-likeness (QED) is 0.460. The van der Waals surface area contributed by atoms with Crippen molar-refractivity contribution in [2.45, 2.75) is 13.5 Å². The van der Waals surface area contributed by atoms with Crippen molar-refractivity contribution < 1.29 is 14.3 Å². The molecule has 0 unspecified atom stereocenters. The fourth-order valence-electron chi connectivity index (χ4n) is 3.71. The highest BCUT2D eigenvalue weighted by Gasteiger charge is 2.16. The number of hydrogen-bond acceptors (Lipinski definition) is 3. The van der Waals surface area contributed by atoms with Crippen molar-refractivity contribution in [2.24, 2.45) is 0 Å². The highest BCUT2D eigenvalue weighted by molar-refractivity contribution is 6.08. The van der Waals surface area contributed by atoms with Crippen LogP contribution in [0.5, 0.6) is 5.75 Å². The smallest absolute Gasteiger partial charge is 0.253 e. The number of methoxy groups -OCH3 is 1. The van der Waals surface area contributed by atoms with Crippen molar-refractivity contribution in [3.05, 3.63) is 95.7 Å². The van der Waals surface area contributed by atoms with Gasteiger partial charge in [0.25, 0.3) is 5.91 Å². The average molecular weight is 428 g/mol. The largest absolute Gasteiger partial charge is 0.495 e. The Balaban J connectivity index is 1.48. The second-order valence-electron chi connectivity index (χ2n) is 7.61. The van der Waals surface area contributed by atoms with Crippen LogP contribution in [0.3, 0.4) is 0 Å². The van der Waals surface area contributed by atoms with Crippen LogP contribution in [0.25, 0.3) is 10.9 Å². The molecule has 162 valence electrons. The summed E-state index contributed by atoms with van der Waals surface area (Å²) in [6.45, 7) is 2.44. The zero-order valence-corrected chi connectivity index (χ0v) is 18.1. The molecular formula is C26H25N3O3. The van der Waals surface area contributed by atoms with Gasteiger partial charge >= 0.3 is 0 Å². The number of fused-ring (bicyclic) bond motifs is 1. The number of benzene rings is 3. The summed E-state index contributed by atoms with van der Waals surface area (Å²) in [4.78, 5) is 25.4. The van der Waals surface area contributed by atoms with Gasteiger partial charge in [0.15, 0.2) is 0 Å². The molecule has 0 radical (unpaired) electrons. The molecule has 2 N–H and O–H groups in total. The number of anilines is 1. The fourth-order valence-corrected chi connectivity index (χ4v) is 3.71. The minimum atomic E-state index is -0.324. The molecule has 0 aliphatic carbocycles. The first-order chi connectivity index (χ1) is 15.5. The Morgan fingerprint density at radius 2 is 1.72 bits per heavy atom. The minimum absolute atomic E-state index is 0.145. The van der Waals surface area contributed by atoms with Crippen LogP contribution in [0.15, 0.2) is 79.0 Å². The van der Waals surface area contributed by atoms with E-state index in [1.54, 1.807) is 13.2 Å². The second-order valence-corrected chi connectivity index (χ2v) is 7.61. The van der Waals surface area contributed by atoms with E-state index in [2.05, 4.69) is 27.3 Å². The van der Waals surface area contributed by atoms with Crippen molar-refractivity contribution in [1.82, 2.24) is 9.88 Å². The van der Waals surface area contributed by atoms with Gasteiger partial charge in [-0.05, 0) is 36.2 Å². The average Bonchev–Trinajstić information content (AvgIpc) is 3.17. The van der Waals surface area contributed by atoms with Crippen LogP contribution in [0.2, 0.25) is 0 Å². The number of hydrogen-bond donors (Lipinski definition) is 2. The highest BCUT2D eigenvalue weighted by Crippen LogP contribution is 2.25. The molecule has 6 nitrogen and oxygen atoms in total. The first-order valence-corrected chi connectivity index (χ1v) is 10.4. The van der Waals surface area contributed by atoms with Crippen molar-refractivity contribution in [2.75, 3.05) is 19.0 Å². The van der Waals surface area contributed by atoms with E-state index in [9.17, 15) is 9.59 Å². The molecule has 4 rings (SSSR count). The Kier molecular flexibility index (Phi) is 6.22. The number of nitrogens with zero attached hydrogens (tertiary/aromatic N) is 1. The van der Waals surface area contributed by atoms with Gasteiger partial charge in [-0.15, -0.1) is 0 Å². The van der Waals surface area contributed by atoms with E-state index in [1.807, 2.05) is 67.7 Å². The summed E-state index contributed by atoms with van der Waals surface area (Å²) < 4.78 is 7.34. The van der Waals surface area contributed by atoms with E-state index >= 15 is 0 Å². The van der Waals surface area contributed by atoms with Crippen LogP contribution in [0.4, 0.5) is 5.69 Å². The van der Waals surface area contributed by atoms with Crippen LogP contribution in [-0.4, -0.2) is 30.0 Å². The maximum atomic E-state index is 12.9. The summed E-state index contributed by atoms with van der Waals surface area (Å²) in [5.41, 5.74) is 4.22. The topological polar surface area (TPSA) is 72.4 Å². The molecule has 0 saturated heterocycles. The Morgan fingerprint density at radius 1 is 0.969 bits per heavy atom. The summed E-state index contributed by atoms with van der Waals surface area (Å²) in [6, 6.07) is 23.4. The van der Waals surface area contributed by atoms with Gasteiger partial charge in [-0.3, -0.25) is 9.59 Å². The minimum Gasteiger partial charge on any atom is -0.495 e.